The maximum absolute atomic E-state index is 13.3. The van der Waals surface area contributed by atoms with Crippen LogP contribution in [-0.4, -0.2) is 15.0 Å². The molecule has 0 bridgehead atoms. The molecule has 25 heavy (non-hydrogen) atoms. The standard InChI is InChI=1S/C19H18BrNO2S2/c1-15-6-8-17(9-7-15)25(22,23)21(12-10-16-11-13-24-14-16)19-5-3-2-4-18(19)20/h2-9,11,13-14H,10,12H2,1H3. The molecule has 0 aliphatic rings. The largest absolute Gasteiger partial charge is 0.265 e. The number of anilines is 1. The van der Waals surface area contributed by atoms with Crippen molar-refractivity contribution < 1.29 is 8.42 Å². The van der Waals surface area contributed by atoms with Crippen LogP contribution in [-0.2, 0) is 16.4 Å². The molecule has 0 N–H and O–H groups in total. The van der Waals surface area contributed by atoms with Crippen LogP contribution in [0.2, 0.25) is 0 Å². The number of rotatable bonds is 6. The number of thiophene rings is 1. The average Bonchev–Trinajstić information content (AvgIpc) is 3.10. The van der Waals surface area contributed by atoms with Gasteiger partial charge in [-0.3, -0.25) is 4.31 Å². The van der Waals surface area contributed by atoms with Crippen LogP contribution < -0.4 is 4.31 Å². The van der Waals surface area contributed by atoms with Gasteiger partial charge in [0, 0.05) is 11.0 Å². The number of nitrogens with zero attached hydrogens (tertiary/aromatic N) is 1. The Morgan fingerprint density at radius 2 is 1.76 bits per heavy atom. The zero-order valence-electron chi connectivity index (χ0n) is 13.7. The van der Waals surface area contributed by atoms with Gasteiger partial charge >= 0.3 is 0 Å². The number of sulfonamides is 1. The Morgan fingerprint density at radius 1 is 1.04 bits per heavy atom. The number of hydrogen-bond acceptors (Lipinski definition) is 3. The van der Waals surface area contributed by atoms with Gasteiger partial charge in [0.15, 0.2) is 0 Å². The van der Waals surface area contributed by atoms with Gasteiger partial charge in [-0.1, -0.05) is 29.8 Å². The maximum atomic E-state index is 13.3. The molecule has 3 rings (SSSR count). The van der Waals surface area contributed by atoms with Crippen molar-refractivity contribution in [2.45, 2.75) is 18.2 Å². The molecule has 6 heteroatoms. The van der Waals surface area contributed by atoms with Gasteiger partial charge in [0.25, 0.3) is 10.0 Å². The van der Waals surface area contributed by atoms with Crippen molar-refractivity contribution in [3.63, 3.8) is 0 Å². The lowest BCUT2D eigenvalue weighted by atomic mass is 10.2. The van der Waals surface area contributed by atoms with Crippen LogP contribution in [0.1, 0.15) is 11.1 Å². The highest BCUT2D eigenvalue weighted by Gasteiger charge is 2.26. The van der Waals surface area contributed by atoms with E-state index in [0.717, 1.165) is 15.6 Å². The molecule has 1 aromatic heterocycles. The fourth-order valence-corrected chi connectivity index (χ4v) is 5.33. The zero-order valence-corrected chi connectivity index (χ0v) is 16.9. The van der Waals surface area contributed by atoms with E-state index in [2.05, 4.69) is 21.3 Å². The van der Waals surface area contributed by atoms with Crippen molar-refractivity contribution in [3.8, 4) is 0 Å². The monoisotopic (exact) mass is 435 g/mol. The first kappa shape index (κ1) is 18.2. The molecule has 2 aromatic carbocycles. The molecule has 1 heterocycles. The van der Waals surface area contributed by atoms with Gasteiger partial charge in [-0.2, -0.15) is 11.3 Å². The topological polar surface area (TPSA) is 37.4 Å². The van der Waals surface area contributed by atoms with Gasteiger partial charge < -0.3 is 0 Å². The van der Waals surface area contributed by atoms with Crippen molar-refractivity contribution in [2.75, 3.05) is 10.8 Å². The number of aryl methyl sites for hydroxylation is 1. The van der Waals surface area contributed by atoms with E-state index in [-0.39, 0.29) is 0 Å². The summed E-state index contributed by atoms with van der Waals surface area (Å²) in [5, 5.41) is 4.06. The maximum Gasteiger partial charge on any atom is 0.264 e. The Bertz CT molecular complexity index is 936. The normalized spacial score (nSPS) is 11.4. The summed E-state index contributed by atoms with van der Waals surface area (Å²) < 4.78 is 28.8. The summed E-state index contributed by atoms with van der Waals surface area (Å²) in [6.45, 7) is 2.33. The molecule has 130 valence electrons. The zero-order chi connectivity index (χ0) is 17.9. The Kier molecular flexibility index (Phi) is 5.61. The van der Waals surface area contributed by atoms with Crippen LogP contribution in [0, 0.1) is 6.92 Å². The van der Waals surface area contributed by atoms with Gasteiger partial charge in [-0.05, 0) is 75.9 Å². The molecule has 0 spiro atoms. The Morgan fingerprint density at radius 3 is 2.40 bits per heavy atom. The lowest BCUT2D eigenvalue weighted by molar-refractivity contribution is 0.590. The average molecular weight is 436 g/mol. The van der Waals surface area contributed by atoms with Crippen molar-refractivity contribution in [1.29, 1.82) is 0 Å². The van der Waals surface area contributed by atoms with Gasteiger partial charge in [0.2, 0.25) is 0 Å². The van der Waals surface area contributed by atoms with Crippen LogP contribution in [0.3, 0.4) is 0 Å². The number of para-hydroxylation sites is 1. The van der Waals surface area contributed by atoms with Gasteiger partial charge in [-0.25, -0.2) is 8.42 Å². The second-order valence-electron chi connectivity index (χ2n) is 5.72. The van der Waals surface area contributed by atoms with Crippen molar-refractivity contribution >= 4 is 43.0 Å². The summed E-state index contributed by atoms with van der Waals surface area (Å²) in [5.41, 5.74) is 2.82. The molecule has 3 aromatic rings. The fourth-order valence-electron chi connectivity index (χ4n) is 2.53. The highest BCUT2D eigenvalue weighted by atomic mass is 79.9. The molecule has 3 nitrogen and oxygen atoms in total. The van der Waals surface area contributed by atoms with Gasteiger partial charge in [0.05, 0.1) is 10.6 Å². The summed E-state index contributed by atoms with van der Waals surface area (Å²) in [5.74, 6) is 0. The number of halogens is 1. The third kappa shape index (κ3) is 4.14. The second-order valence-corrected chi connectivity index (χ2v) is 9.22. The van der Waals surface area contributed by atoms with Crippen LogP contribution >= 0.6 is 27.3 Å². The molecule has 0 saturated heterocycles. The summed E-state index contributed by atoms with van der Waals surface area (Å²) in [6, 6.07) is 16.4. The van der Waals surface area contributed by atoms with Crippen LogP contribution in [0.4, 0.5) is 5.69 Å². The molecular formula is C19H18BrNO2S2. The Hall–Kier alpha value is -1.63. The lowest BCUT2D eigenvalue weighted by Crippen LogP contribution is -2.33. The predicted molar refractivity (Wildman–Crippen MR) is 108 cm³/mol. The minimum atomic E-state index is -3.64. The van der Waals surface area contributed by atoms with Crippen molar-refractivity contribution in [3.05, 3.63) is 81.0 Å². The van der Waals surface area contributed by atoms with E-state index in [4.69, 9.17) is 0 Å². The third-order valence-corrected chi connectivity index (χ3v) is 7.14. The highest BCUT2D eigenvalue weighted by molar-refractivity contribution is 9.10. The van der Waals surface area contributed by atoms with E-state index in [0.29, 0.717) is 23.5 Å². The summed E-state index contributed by atoms with van der Waals surface area (Å²) in [6.07, 6.45) is 0.663. The molecule has 0 aliphatic heterocycles. The first-order chi connectivity index (χ1) is 12.0. The van der Waals surface area contributed by atoms with E-state index in [1.165, 1.54) is 4.31 Å². The quantitative estimate of drug-likeness (QED) is 0.529. The van der Waals surface area contributed by atoms with E-state index < -0.39 is 10.0 Å². The Labute approximate surface area is 161 Å². The SMILES string of the molecule is Cc1ccc(S(=O)(=O)N(CCc2ccsc2)c2ccccc2Br)cc1. The highest BCUT2D eigenvalue weighted by Crippen LogP contribution is 2.31. The molecular weight excluding hydrogens is 418 g/mol. The van der Waals surface area contributed by atoms with E-state index in [9.17, 15) is 8.42 Å². The van der Waals surface area contributed by atoms with E-state index in [1.54, 1.807) is 23.5 Å². The van der Waals surface area contributed by atoms with Crippen molar-refractivity contribution in [1.82, 2.24) is 0 Å². The molecule has 0 fully saturated rings. The minimum Gasteiger partial charge on any atom is -0.265 e. The predicted octanol–water partition coefficient (Wildman–Crippen LogP) is 5.26. The first-order valence-corrected chi connectivity index (χ1v) is 11.0. The number of benzene rings is 2. The van der Waals surface area contributed by atoms with Crippen LogP contribution in [0.15, 0.2) is 74.7 Å². The lowest BCUT2D eigenvalue weighted by Gasteiger charge is -2.25. The molecule has 0 saturated carbocycles. The smallest absolute Gasteiger partial charge is 0.264 e. The van der Waals surface area contributed by atoms with Gasteiger partial charge in [-0.15, -0.1) is 0 Å². The Balaban J connectivity index is 2.00. The second kappa shape index (κ2) is 7.72. The van der Waals surface area contributed by atoms with E-state index >= 15 is 0 Å². The number of hydrogen-bond donors (Lipinski definition) is 0. The van der Waals surface area contributed by atoms with Crippen molar-refractivity contribution in [2.24, 2.45) is 0 Å². The van der Waals surface area contributed by atoms with Crippen LogP contribution in [0.5, 0.6) is 0 Å². The summed E-state index contributed by atoms with van der Waals surface area (Å²) in [7, 11) is -3.64. The third-order valence-electron chi connectivity index (χ3n) is 3.91. The van der Waals surface area contributed by atoms with E-state index in [1.807, 2.05) is 54.8 Å². The summed E-state index contributed by atoms with van der Waals surface area (Å²) >= 11 is 5.11. The molecule has 0 unspecified atom stereocenters. The molecule has 0 radical (unpaired) electrons. The summed E-state index contributed by atoms with van der Waals surface area (Å²) in [4.78, 5) is 0.305. The minimum absolute atomic E-state index is 0.305. The first-order valence-electron chi connectivity index (χ1n) is 7.83. The molecule has 0 aliphatic carbocycles. The fraction of sp³-hybridized carbons (Fsp3) is 0.158. The van der Waals surface area contributed by atoms with Gasteiger partial charge in [0.1, 0.15) is 0 Å². The molecule has 0 atom stereocenters. The van der Waals surface area contributed by atoms with Crippen LogP contribution in [0.25, 0.3) is 0 Å². The molecule has 0 amide bonds.